The van der Waals surface area contributed by atoms with Gasteiger partial charge >= 0.3 is 20.1 Å². The predicted octanol–water partition coefficient (Wildman–Crippen LogP) is 2.01. The second-order valence-corrected chi connectivity index (χ2v) is 13.5. The van der Waals surface area contributed by atoms with Crippen LogP contribution >= 0.6 is 82.0 Å². The largest absolute Gasteiger partial charge is 0.480 e. The number of alkyl halides is 2. The van der Waals surface area contributed by atoms with Gasteiger partial charge in [0.15, 0.2) is 44.5 Å². The standard InChI is InChI=1S/C8H12BClN4O3.C7H7Cl2N3O2.C7H8N4O2.C5H6ClN3O.C3H8BNO3.C2H2Cl2O.ClH.H3N/c1-9(16)12-3-5(15)13-8-7(10)11-4-6(14-8)17-2;1-14-5-3-10-6(9)7(12-5)11-4(13)2-8;1-13-5-3-9-6-7(11-5)10-4(12)2-8-6;1-10-3-2-8-4(6)5(7)9-3;1-4(8)5-2-3(6)7;3-1-2(4)5;;/h4,12,16H,3H2,1-2H3,(H,13,14,15);3H,2H2,1H3,(H,11,12,13);3H,2H2,1H3,(H,8,9)(H,10,11,12);2H,1H3,(H2,7,9);5,8H,2H2,1H3,(H,6,7);1H2;1H;1H3. The highest BCUT2D eigenvalue weighted by atomic mass is 35.5. The van der Waals surface area contributed by atoms with Crippen molar-refractivity contribution < 1.29 is 58.1 Å². The fourth-order valence-corrected chi connectivity index (χ4v) is 3.82. The molecule has 0 atom stereocenters. The Morgan fingerprint density at radius 1 is 0.696 bits per heavy atom. The maximum atomic E-state index is 11.4. The van der Waals surface area contributed by atoms with Crippen LogP contribution in [0.2, 0.25) is 29.1 Å². The summed E-state index contributed by atoms with van der Waals surface area (Å²) >= 11 is 31.7. The molecule has 0 bridgehead atoms. The summed E-state index contributed by atoms with van der Waals surface area (Å²) in [5, 5.41) is 40.3. The molecule has 5 heterocycles. The van der Waals surface area contributed by atoms with Gasteiger partial charge in [-0.25, -0.2) is 19.9 Å². The molecule has 1 aliphatic heterocycles. The number of nitrogens with one attached hydrogen (secondary N) is 6. The highest BCUT2D eigenvalue weighted by molar-refractivity contribution is 6.67. The average molecular weight is 1120 g/mol. The Bertz CT molecular complexity index is 2210. The summed E-state index contributed by atoms with van der Waals surface area (Å²) < 4.78 is 19.3. The first-order valence-electron chi connectivity index (χ1n) is 18.0. The molecule has 0 fully saturated rings. The van der Waals surface area contributed by atoms with Crippen LogP contribution in [0.3, 0.4) is 0 Å². The molecule has 28 nitrogen and oxygen atoms in total. The molecule has 69 heavy (non-hydrogen) atoms. The van der Waals surface area contributed by atoms with Crippen LogP contribution in [0.1, 0.15) is 0 Å². The molecule has 0 saturated heterocycles. The van der Waals surface area contributed by atoms with Crippen LogP contribution < -0.4 is 62.6 Å². The van der Waals surface area contributed by atoms with Crippen LogP contribution in [0.4, 0.5) is 29.1 Å². The minimum atomic E-state index is -0.967. The third-order valence-electron chi connectivity index (χ3n) is 6.25. The lowest BCUT2D eigenvalue weighted by Gasteiger charge is -2.16. The fraction of sp³-hybridized carbons (Fsp3) is 0.344. The van der Waals surface area contributed by atoms with Gasteiger partial charge in [0.25, 0.3) is 0 Å². The van der Waals surface area contributed by atoms with Crippen molar-refractivity contribution in [3.05, 3.63) is 40.2 Å². The number of nitrogens with zero attached hydrogens (tertiary/aromatic N) is 8. The number of anilines is 5. The van der Waals surface area contributed by atoms with Crippen molar-refractivity contribution >= 4 is 154 Å². The SMILES string of the molecule is CB(O)NCC(=O)O.COc1cnc(Cl)c(N)n1.COc1cnc(Cl)c(NC(=O)CCl)n1.COc1cnc(Cl)c(NC(=O)CNB(C)O)n1.COc1cnc2c(n1)NC(=O)CN2.Cl.N.O=C(Cl)CCl. The summed E-state index contributed by atoms with van der Waals surface area (Å²) in [4.78, 5) is 83.3. The first kappa shape index (κ1) is 67.9. The summed E-state index contributed by atoms with van der Waals surface area (Å²) in [6, 6.07) is 0. The van der Waals surface area contributed by atoms with Gasteiger partial charge < -0.3 is 77.7 Å². The molecule has 0 spiro atoms. The van der Waals surface area contributed by atoms with Gasteiger partial charge in [-0.05, 0) is 25.2 Å². The second kappa shape index (κ2) is 38.5. The molecule has 4 aromatic rings. The molecule has 382 valence electrons. The summed E-state index contributed by atoms with van der Waals surface area (Å²) in [5.74, 6) is 0.498. The molecule has 0 saturated carbocycles. The number of hydrogen-bond donors (Lipinski definition) is 11. The van der Waals surface area contributed by atoms with Crippen LogP contribution in [-0.4, -0.2) is 158 Å². The van der Waals surface area contributed by atoms with Gasteiger partial charge in [-0.2, -0.15) is 19.9 Å². The van der Waals surface area contributed by atoms with E-state index in [4.69, 9.17) is 109 Å². The monoisotopic (exact) mass is 1110 g/mol. The summed E-state index contributed by atoms with van der Waals surface area (Å²) in [6.45, 7) is 2.94. The lowest BCUT2D eigenvalue weighted by atomic mass is 9.89. The third kappa shape index (κ3) is 31.4. The van der Waals surface area contributed by atoms with Gasteiger partial charge in [0.05, 0.1) is 78.7 Å². The number of ether oxygens (including phenoxy) is 4. The Morgan fingerprint density at radius 2 is 1.10 bits per heavy atom. The molecule has 3 amide bonds. The Kier molecular flexibility index (Phi) is 37.9. The summed E-state index contributed by atoms with van der Waals surface area (Å²) in [5.41, 5.74) is 5.31. The number of fused-ring (bicyclic) bond motifs is 1. The van der Waals surface area contributed by atoms with Crippen molar-refractivity contribution in [3.63, 3.8) is 0 Å². The van der Waals surface area contributed by atoms with E-state index in [0.717, 1.165) is 0 Å². The Labute approximate surface area is 430 Å². The molecule has 5 rings (SSSR count). The molecule has 1 aliphatic rings. The molecule has 0 aliphatic carbocycles. The molecule has 0 unspecified atom stereocenters. The van der Waals surface area contributed by atoms with Gasteiger partial charge in [-0.15, -0.1) is 35.6 Å². The zero-order valence-electron chi connectivity index (χ0n) is 37.1. The number of carbonyl (C=O) groups is 5. The maximum Gasteiger partial charge on any atom is 0.374 e. The third-order valence-corrected chi connectivity index (χ3v) is 7.85. The predicted molar refractivity (Wildman–Crippen MR) is 264 cm³/mol. The normalized spacial score (nSPS) is 9.97. The quantitative estimate of drug-likeness (QED) is 0.0489. The van der Waals surface area contributed by atoms with E-state index < -0.39 is 37.1 Å². The lowest BCUT2D eigenvalue weighted by Crippen LogP contribution is -2.37. The number of aromatic nitrogens is 8. The van der Waals surface area contributed by atoms with E-state index in [1.54, 1.807) is 0 Å². The number of amides is 3. The van der Waals surface area contributed by atoms with Crippen LogP contribution in [0.5, 0.6) is 23.5 Å². The highest BCUT2D eigenvalue weighted by Gasteiger charge is 2.17. The van der Waals surface area contributed by atoms with Gasteiger partial charge in [-0.3, -0.25) is 24.0 Å². The highest BCUT2D eigenvalue weighted by Crippen LogP contribution is 2.22. The van der Waals surface area contributed by atoms with Gasteiger partial charge in [0.1, 0.15) is 5.88 Å². The first-order valence-corrected chi connectivity index (χ1v) is 20.6. The number of rotatable bonds is 14. The topological polar surface area (TPSA) is 419 Å². The summed E-state index contributed by atoms with van der Waals surface area (Å²) in [7, 11) is 4.33. The van der Waals surface area contributed by atoms with Crippen molar-refractivity contribution in [2.75, 3.05) is 86.8 Å². The van der Waals surface area contributed by atoms with Crippen molar-refractivity contribution in [2.24, 2.45) is 0 Å². The number of hydrogen-bond acceptors (Lipinski definition) is 24. The number of nitrogen functional groups attached to an aromatic ring is 1. The van der Waals surface area contributed by atoms with E-state index in [-0.39, 0.29) is 101 Å². The van der Waals surface area contributed by atoms with Gasteiger partial charge in [-0.1, -0.05) is 34.8 Å². The summed E-state index contributed by atoms with van der Waals surface area (Å²) in [6.07, 6.45) is 5.58. The number of carboxylic acid groups (broad SMARTS) is 1. The van der Waals surface area contributed by atoms with E-state index >= 15 is 0 Å². The molecular weight excluding hydrogens is 1070 g/mol. The number of methoxy groups -OCH3 is 4. The minimum Gasteiger partial charge on any atom is -0.480 e. The van der Waals surface area contributed by atoms with E-state index in [0.29, 0.717) is 23.4 Å². The smallest absolute Gasteiger partial charge is 0.374 e. The molecule has 37 heteroatoms. The van der Waals surface area contributed by atoms with Crippen LogP contribution in [0, 0.1) is 0 Å². The zero-order valence-corrected chi connectivity index (χ0v) is 42.4. The van der Waals surface area contributed by atoms with Crippen molar-refractivity contribution in [2.45, 2.75) is 13.6 Å². The van der Waals surface area contributed by atoms with E-state index in [1.807, 2.05) is 0 Å². The number of nitrogens with two attached hydrogens (primary N) is 1. The average Bonchev–Trinajstić information content (AvgIpc) is 3.30. The first-order chi connectivity index (χ1) is 31.6. The van der Waals surface area contributed by atoms with Crippen molar-refractivity contribution in [1.29, 1.82) is 0 Å². The molecule has 14 N–H and O–H groups in total. The number of carboxylic acids is 1. The van der Waals surface area contributed by atoms with E-state index in [1.165, 1.54) is 66.9 Å². The maximum absolute atomic E-state index is 11.4. The minimum absolute atomic E-state index is 0. The number of aliphatic carboxylic acids is 1. The van der Waals surface area contributed by atoms with Crippen LogP contribution in [-0.2, 0) is 24.0 Å². The van der Waals surface area contributed by atoms with Gasteiger partial charge in [0.2, 0.25) is 46.5 Å². The van der Waals surface area contributed by atoms with Gasteiger partial charge in [0, 0.05) is 0 Å². The number of halogens is 7. The Morgan fingerprint density at radius 3 is 1.49 bits per heavy atom. The van der Waals surface area contributed by atoms with E-state index in [9.17, 15) is 24.0 Å². The molecule has 0 radical (unpaired) electrons. The van der Waals surface area contributed by atoms with E-state index in [2.05, 4.69) is 71.6 Å². The Hall–Kier alpha value is -5.37. The molecular formula is C32H47B2Cl7N16O12. The fourth-order valence-electron chi connectivity index (χ4n) is 3.39. The van der Waals surface area contributed by atoms with Crippen molar-refractivity contribution in [3.8, 4) is 23.5 Å². The Balaban J connectivity index is -0.000000778. The molecule has 0 aromatic carbocycles. The second-order valence-electron chi connectivity index (χ2n) is 11.4. The van der Waals surface area contributed by atoms with Crippen molar-refractivity contribution in [1.82, 2.24) is 56.5 Å². The van der Waals surface area contributed by atoms with Crippen LogP contribution in [0.25, 0.3) is 0 Å². The molecule has 4 aromatic heterocycles. The zero-order chi connectivity index (χ0) is 51.1. The van der Waals surface area contributed by atoms with Crippen LogP contribution in [0.15, 0.2) is 24.8 Å². The number of carbonyl (C=O) groups excluding carboxylic acids is 4. The lowest BCUT2D eigenvalue weighted by molar-refractivity contribution is -0.135.